The SMILES string of the molecule is CCCCCOc1ccc(C2/C(=C(\O)c3ccc4c(c3)CC(C)O4)C(=O)C(=O)N2c2nc(C)c(C(C)=O)s2)cc1OCC. The second kappa shape index (κ2) is 12.6. The molecule has 2 unspecified atom stereocenters. The summed E-state index contributed by atoms with van der Waals surface area (Å²) in [5.41, 5.74) is 2.23. The van der Waals surface area contributed by atoms with E-state index in [0.717, 1.165) is 41.9 Å². The molecule has 0 aliphatic carbocycles. The van der Waals surface area contributed by atoms with E-state index in [1.165, 1.54) is 11.8 Å². The monoisotopic (exact) mass is 604 g/mol. The van der Waals surface area contributed by atoms with Gasteiger partial charge < -0.3 is 19.3 Å². The zero-order valence-corrected chi connectivity index (χ0v) is 25.9. The second-order valence-corrected chi connectivity index (χ2v) is 11.8. The number of carbonyl (C=O) groups is 3. The zero-order chi connectivity index (χ0) is 30.8. The number of ether oxygens (including phenoxy) is 3. The molecule has 0 saturated carbocycles. The average molecular weight is 605 g/mol. The Morgan fingerprint density at radius 3 is 2.60 bits per heavy atom. The van der Waals surface area contributed by atoms with Crippen molar-refractivity contribution >= 4 is 39.7 Å². The molecule has 3 aromatic rings. The van der Waals surface area contributed by atoms with Crippen LogP contribution in [0.2, 0.25) is 0 Å². The van der Waals surface area contributed by atoms with Gasteiger partial charge in [-0.2, -0.15) is 0 Å². The first-order valence-corrected chi connectivity index (χ1v) is 15.4. The highest BCUT2D eigenvalue weighted by molar-refractivity contribution is 7.18. The van der Waals surface area contributed by atoms with Crippen molar-refractivity contribution in [2.45, 2.75) is 72.4 Å². The number of hydrogen-bond donors (Lipinski definition) is 1. The van der Waals surface area contributed by atoms with Crippen LogP contribution in [-0.2, 0) is 16.0 Å². The van der Waals surface area contributed by atoms with Gasteiger partial charge in [-0.3, -0.25) is 19.3 Å². The first-order chi connectivity index (χ1) is 20.6. The highest BCUT2D eigenvalue weighted by atomic mass is 32.1. The van der Waals surface area contributed by atoms with Crippen LogP contribution >= 0.6 is 11.3 Å². The van der Waals surface area contributed by atoms with Gasteiger partial charge in [-0.05, 0) is 68.7 Å². The lowest BCUT2D eigenvalue weighted by Crippen LogP contribution is -2.29. The molecule has 1 saturated heterocycles. The number of nitrogens with zero attached hydrogens (tertiary/aromatic N) is 2. The molecule has 2 aliphatic heterocycles. The van der Waals surface area contributed by atoms with Crippen molar-refractivity contribution in [1.82, 2.24) is 4.98 Å². The molecule has 10 heteroatoms. The highest BCUT2D eigenvalue weighted by Crippen LogP contribution is 2.46. The molecule has 226 valence electrons. The van der Waals surface area contributed by atoms with Crippen LogP contribution in [0.4, 0.5) is 5.13 Å². The average Bonchev–Trinajstić information content (AvgIpc) is 3.63. The molecule has 5 rings (SSSR count). The molecule has 0 spiro atoms. The largest absolute Gasteiger partial charge is 0.507 e. The lowest BCUT2D eigenvalue weighted by molar-refractivity contribution is -0.132. The summed E-state index contributed by atoms with van der Waals surface area (Å²) < 4.78 is 17.7. The fourth-order valence-electron chi connectivity index (χ4n) is 5.50. The maximum atomic E-state index is 13.7. The first kappa shape index (κ1) is 30.3. The Morgan fingerprint density at radius 2 is 1.91 bits per heavy atom. The summed E-state index contributed by atoms with van der Waals surface area (Å²) in [6.45, 7) is 9.97. The number of aryl methyl sites for hydroxylation is 1. The predicted octanol–water partition coefficient (Wildman–Crippen LogP) is 6.57. The number of aliphatic hydroxyl groups excluding tert-OH is 1. The van der Waals surface area contributed by atoms with E-state index >= 15 is 0 Å². The topological polar surface area (TPSA) is 115 Å². The molecule has 43 heavy (non-hydrogen) atoms. The van der Waals surface area contributed by atoms with Crippen LogP contribution in [0, 0.1) is 6.92 Å². The minimum Gasteiger partial charge on any atom is -0.507 e. The number of Topliss-reactive ketones (excluding diaryl/α,β-unsaturated/α-hetero) is 2. The molecule has 1 N–H and O–H groups in total. The van der Waals surface area contributed by atoms with Crippen LogP contribution in [0.15, 0.2) is 42.0 Å². The Hall–Kier alpha value is -4.18. The molecule has 2 atom stereocenters. The number of ketones is 2. The van der Waals surface area contributed by atoms with Crippen molar-refractivity contribution in [3.05, 3.63) is 69.2 Å². The quantitative estimate of drug-likeness (QED) is 0.0859. The molecular weight excluding hydrogens is 568 g/mol. The summed E-state index contributed by atoms with van der Waals surface area (Å²) in [6, 6.07) is 9.46. The minimum absolute atomic E-state index is 0.00119. The zero-order valence-electron chi connectivity index (χ0n) is 25.1. The Balaban J connectivity index is 1.65. The first-order valence-electron chi connectivity index (χ1n) is 14.6. The third-order valence-corrected chi connectivity index (χ3v) is 8.77. The molecule has 1 amide bonds. The van der Waals surface area contributed by atoms with E-state index in [-0.39, 0.29) is 28.4 Å². The number of amides is 1. The van der Waals surface area contributed by atoms with Crippen LogP contribution in [-0.4, -0.2) is 46.9 Å². The minimum atomic E-state index is -1.03. The molecule has 3 heterocycles. The van der Waals surface area contributed by atoms with Crippen molar-refractivity contribution in [3.63, 3.8) is 0 Å². The molecule has 9 nitrogen and oxygen atoms in total. The summed E-state index contributed by atoms with van der Waals surface area (Å²) >= 11 is 1.04. The third kappa shape index (κ3) is 5.88. The molecule has 1 aromatic heterocycles. The van der Waals surface area contributed by atoms with Gasteiger partial charge in [0, 0.05) is 18.9 Å². The van der Waals surface area contributed by atoms with Crippen molar-refractivity contribution in [2.24, 2.45) is 0 Å². The van der Waals surface area contributed by atoms with Crippen LogP contribution in [0.3, 0.4) is 0 Å². The Bertz CT molecular complexity index is 1610. The van der Waals surface area contributed by atoms with Crippen LogP contribution in [0.1, 0.15) is 85.1 Å². The molecule has 0 radical (unpaired) electrons. The van der Waals surface area contributed by atoms with Gasteiger partial charge >= 0.3 is 5.91 Å². The molecule has 2 aromatic carbocycles. The van der Waals surface area contributed by atoms with Gasteiger partial charge in [0.05, 0.1) is 35.4 Å². The lowest BCUT2D eigenvalue weighted by Gasteiger charge is -2.24. The second-order valence-electron chi connectivity index (χ2n) is 10.8. The van der Waals surface area contributed by atoms with Crippen LogP contribution in [0.25, 0.3) is 5.76 Å². The summed E-state index contributed by atoms with van der Waals surface area (Å²) in [6.07, 6.45) is 3.67. The number of carbonyl (C=O) groups excluding carboxylic acids is 3. The van der Waals surface area contributed by atoms with Crippen molar-refractivity contribution in [3.8, 4) is 17.2 Å². The Morgan fingerprint density at radius 1 is 1.12 bits per heavy atom. The van der Waals surface area contributed by atoms with Crippen LogP contribution < -0.4 is 19.1 Å². The summed E-state index contributed by atoms with van der Waals surface area (Å²) in [4.78, 5) is 45.8. The maximum absolute atomic E-state index is 13.7. The number of rotatable bonds is 11. The fraction of sp³-hybridized carbons (Fsp3) is 0.394. The number of aromatic nitrogens is 1. The van der Waals surface area contributed by atoms with E-state index in [2.05, 4.69) is 11.9 Å². The van der Waals surface area contributed by atoms with Crippen molar-refractivity contribution in [1.29, 1.82) is 0 Å². The number of benzene rings is 2. The van der Waals surface area contributed by atoms with E-state index in [1.54, 1.807) is 43.3 Å². The number of unbranched alkanes of at least 4 members (excludes halogenated alkanes) is 2. The lowest BCUT2D eigenvalue weighted by atomic mass is 9.94. The van der Waals surface area contributed by atoms with Gasteiger partial charge in [-0.25, -0.2) is 4.98 Å². The summed E-state index contributed by atoms with van der Waals surface area (Å²) in [5.74, 6) is -0.430. The van der Waals surface area contributed by atoms with Crippen LogP contribution in [0.5, 0.6) is 17.2 Å². The predicted molar refractivity (Wildman–Crippen MR) is 165 cm³/mol. The highest BCUT2D eigenvalue weighted by Gasteiger charge is 2.48. The van der Waals surface area contributed by atoms with Gasteiger partial charge in [0.15, 0.2) is 22.4 Å². The molecule has 2 aliphatic rings. The molecular formula is C33H36N2O7S. The van der Waals surface area contributed by atoms with E-state index in [4.69, 9.17) is 14.2 Å². The number of aliphatic hydroxyl groups is 1. The van der Waals surface area contributed by atoms with E-state index < -0.39 is 17.7 Å². The van der Waals surface area contributed by atoms with Gasteiger partial charge in [0.25, 0.3) is 5.78 Å². The van der Waals surface area contributed by atoms with E-state index in [0.29, 0.717) is 52.8 Å². The normalized spacial score (nSPS) is 19.0. The molecule has 1 fully saturated rings. The van der Waals surface area contributed by atoms with Gasteiger partial charge in [0.1, 0.15) is 17.6 Å². The van der Waals surface area contributed by atoms with E-state index in [9.17, 15) is 19.5 Å². The van der Waals surface area contributed by atoms with Gasteiger partial charge in [-0.15, -0.1) is 0 Å². The number of fused-ring (bicyclic) bond motifs is 1. The summed E-state index contributed by atoms with van der Waals surface area (Å²) in [5, 5.41) is 11.9. The smallest absolute Gasteiger partial charge is 0.301 e. The van der Waals surface area contributed by atoms with Crippen molar-refractivity contribution < 1.29 is 33.7 Å². The summed E-state index contributed by atoms with van der Waals surface area (Å²) in [7, 11) is 0. The standard InChI is InChI=1S/C33H36N2O7S/c1-6-8-9-14-41-25-13-10-21(17-26(25)40-7-2)28-27(29(37)22-11-12-24-23(16-22)15-18(3)42-24)30(38)32(39)35(28)33-34-19(4)31(43-33)20(5)36/h10-13,16-18,28,37H,6-9,14-15H2,1-5H3/b29-27+. The van der Waals surface area contributed by atoms with Gasteiger partial charge in [-0.1, -0.05) is 37.2 Å². The Kier molecular flexibility index (Phi) is 8.87. The number of hydrogen-bond acceptors (Lipinski definition) is 9. The fourth-order valence-corrected chi connectivity index (χ4v) is 6.49. The third-order valence-electron chi connectivity index (χ3n) is 7.51. The number of anilines is 1. The number of thiazole rings is 1. The van der Waals surface area contributed by atoms with E-state index in [1.807, 2.05) is 13.8 Å². The Labute approximate surface area is 255 Å². The molecule has 0 bridgehead atoms. The van der Waals surface area contributed by atoms with Crippen molar-refractivity contribution in [2.75, 3.05) is 18.1 Å². The maximum Gasteiger partial charge on any atom is 0.301 e. The van der Waals surface area contributed by atoms with Gasteiger partial charge in [0.2, 0.25) is 0 Å².